The molecule has 0 amide bonds. The molecule has 1 N–H and O–H groups in total. The van der Waals surface area contributed by atoms with Gasteiger partial charge in [-0.15, -0.1) is 11.3 Å². The van der Waals surface area contributed by atoms with Gasteiger partial charge in [0.1, 0.15) is 0 Å². The standard InChI is InChI=1S/C13H15ClN2S/c1-2-15-8-7-13-16-12(9-17-13)10-3-5-11(14)6-4-10/h3-6,9,15H,2,7-8H2,1H3. The maximum Gasteiger partial charge on any atom is 0.0945 e. The van der Waals surface area contributed by atoms with Crippen molar-refractivity contribution in [2.45, 2.75) is 13.3 Å². The fraction of sp³-hybridized carbons (Fsp3) is 0.308. The molecular weight excluding hydrogens is 252 g/mol. The average molecular weight is 267 g/mol. The molecule has 2 aromatic rings. The molecule has 0 aliphatic carbocycles. The summed E-state index contributed by atoms with van der Waals surface area (Å²) in [6.45, 7) is 4.11. The van der Waals surface area contributed by atoms with Gasteiger partial charge in [0.2, 0.25) is 0 Å². The maximum absolute atomic E-state index is 5.86. The quantitative estimate of drug-likeness (QED) is 0.837. The van der Waals surface area contributed by atoms with Gasteiger partial charge in [-0.25, -0.2) is 4.98 Å². The van der Waals surface area contributed by atoms with Crippen LogP contribution in [0.3, 0.4) is 0 Å². The summed E-state index contributed by atoms with van der Waals surface area (Å²) in [5, 5.41) is 7.34. The Hall–Kier alpha value is -0.900. The summed E-state index contributed by atoms with van der Waals surface area (Å²) in [5.74, 6) is 0. The van der Waals surface area contributed by atoms with E-state index in [1.54, 1.807) is 11.3 Å². The van der Waals surface area contributed by atoms with Gasteiger partial charge in [0, 0.05) is 28.9 Å². The Bertz CT molecular complexity index is 465. The topological polar surface area (TPSA) is 24.9 Å². The predicted octanol–water partition coefficient (Wildman–Crippen LogP) is 3.62. The zero-order valence-electron chi connectivity index (χ0n) is 9.74. The minimum atomic E-state index is 0.761. The molecule has 0 bridgehead atoms. The van der Waals surface area contributed by atoms with E-state index in [9.17, 15) is 0 Å². The van der Waals surface area contributed by atoms with Gasteiger partial charge >= 0.3 is 0 Å². The van der Waals surface area contributed by atoms with E-state index in [1.165, 1.54) is 5.01 Å². The molecule has 0 saturated heterocycles. The van der Waals surface area contributed by atoms with Gasteiger partial charge in [-0.05, 0) is 18.7 Å². The van der Waals surface area contributed by atoms with Crippen molar-refractivity contribution in [3.8, 4) is 11.3 Å². The van der Waals surface area contributed by atoms with Crippen LogP contribution < -0.4 is 5.32 Å². The van der Waals surface area contributed by atoms with Crippen molar-refractivity contribution in [3.63, 3.8) is 0 Å². The third kappa shape index (κ3) is 3.53. The summed E-state index contributed by atoms with van der Waals surface area (Å²) in [7, 11) is 0. The van der Waals surface area contributed by atoms with Crippen LogP contribution in [-0.2, 0) is 6.42 Å². The summed E-state index contributed by atoms with van der Waals surface area (Å²) >= 11 is 7.58. The van der Waals surface area contributed by atoms with Crippen molar-refractivity contribution in [2.24, 2.45) is 0 Å². The van der Waals surface area contributed by atoms with Crippen LogP contribution in [0.15, 0.2) is 29.6 Å². The molecule has 0 aliphatic heterocycles. The Labute approximate surface area is 111 Å². The second-order valence-electron chi connectivity index (χ2n) is 3.74. The number of likely N-dealkylation sites (N-methyl/N-ethyl adjacent to an activating group) is 1. The normalized spacial score (nSPS) is 10.7. The number of halogens is 1. The number of rotatable bonds is 5. The Balaban J connectivity index is 2.04. The third-order valence-corrected chi connectivity index (χ3v) is 3.62. The van der Waals surface area contributed by atoms with Gasteiger partial charge in [0.25, 0.3) is 0 Å². The molecule has 0 atom stereocenters. The summed E-state index contributed by atoms with van der Waals surface area (Å²) in [5.41, 5.74) is 2.17. The first-order valence-corrected chi connectivity index (χ1v) is 6.96. The van der Waals surface area contributed by atoms with Crippen LogP contribution in [-0.4, -0.2) is 18.1 Å². The number of aromatic nitrogens is 1. The number of hydrogen-bond acceptors (Lipinski definition) is 3. The molecule has 0 spiro atoms. The first-order chi connectivity index (χ1) is 8.29. The molecule has 0 aliphatic rings. The van der Waals surface area contributed by atoms with E-state index in [0.717, 1.165) is 35.8 Å². The first kappa shape index (κ1) is 12.6. The highest BCUT2D eigenvalue weighted by Gasteiger charge is 2.04. The van der Waals surface area contributed by atoms with Crippen LogP contribution in [0.2, 0.25) is 5.02 Å². The van der Waals surface area contributed by atoms with E-state index in [2.05, 4.69) is 22.6 Å². The van der Waals surface area contributed by atoms with Crippen LogP contribution in [0.25, 0.3) is 11.3 Å². The first-order valence-electron chi connectivity index (χ1n) is 5.70. The van der Waals surface area contributed by atoms with Gasteiger partial charge in [0.15, 0.2) is 0 Å². The van der Waals surface area contributed by atoms with Crippen molar-refractivity contribution in [3.05, 3.63) is 39.7 Å². The number of nitrogens with zero attached hydrogens (tertiary/aromatic N) is 1. The van der Waals surface area contributed by atoms with Gasteiger partial charge in [-0.3, -0.25) is 0 Å². The van der Waals surface area contributed by atoms with Crippen LogP contribution in [0.1, 0.15) is 11.9 Å². The smallest absolute Gasteiger partial charge is 0.0945 e. The molecule has 0 radical (unpaired) electrons. The van der Waals surface area contributed by atoms with Crippen molar-refractivity contribution in [1.82, 2.24) is 10.3 Å². The lowest BCUT2D eigenvalue weighted by Gasteiger charge is -1.98. The maximum atomic E-state index is 5.86. The molecule has 0 fully saturated rings. The van der Waals surface area contributed by atoms with E-state index in [1.807, 2.05) is 24.3 Å². The molecule has 0 unspecified atom stereocenters. The van der Waals surface area contributed by atoms with Gasteiger partial charge in [0.05, 0.1) is 10.7 Å². The summed E-state index contributed by atoms with van der Waals surface area (Å²) in [6, 6.07) is 7.81. The summed E-state index contributed by atoms with van der Waals surface area (Å²) in [4.78, 5) is 4.62. The van der Waals surface area contributed by atoms with Crippen molar-refractivity contribution < 1.29 is 0 Å². The van der Waals surface area contributed by atoms with E-state index < -0.39 is 0 Å². The van der Waals surface area contributed by atoms with E-state index in [-0.39, 0.29) is 0 Å². The molecule has 1 aromatic carbocycles. The minimum Gasteiger partial charge on any atom is -0.317 e. The van der Waals surface area contributed by atoms with E-state index in [0.29, 0.717) is 0 Å². The van der Waals surface area contributed by atoms with Gasteiger partial charge in [-0.1, -0.05) is 30.7 Å². The van der Waals surface area contributed by atoms with Crippen LogP contribution in [0, 0.1) is 0 Å². The molecule has 17 heavy (non-hydrogen) atoms. The van der Waals surface area contributed by atoms with Crippen LogP contribution in [0.4, 0.5) is 0 Å². The number of hydrogen-bond donors (Lipinski definition) is 1. The lowest BCUT2D eigenvalue weighted by Crippen LogP contribution is -2.15. The van der Waals surface area contributed by atoms with Crippen LogP contribution in [0.5, 0.6) is 0 Å². The number of thiazole rings is 1. The van der Waals surface area contributed by atoms with E-state index >= 15 is 0 Å². The van der Waals surface area contributed by atoms with E-state index in [4.69, 9.17) is 11.6 Å². The highest BCUT2D eigenvalue weighted by molar-refractivity contribution is 7.09. The summed E-state index contributed by atoms with van der Waals surface area (Å²) in [6.07, 6.45) is 0.992. The summed E-state index contributed by atoms with van der Waals surface area (Å²) < 4.78 is 0. The molecule has 2 rings (SSSR count). The highest BCUT2D eigenvalue weighted by atomic mass is 35.5. The average Bonchev–Trinajstić information content (AvgIpc) is 2.79. The van der Waals surface area contributed by atoms with Crippen molar-refractivity contribution >= 4 is 22.9 Å². The molecule has 0 saturated carbocycles. The number of benzene rings is 1. The third-order valence-electron chi connectivity index (χ3n) is 2.46. The van der Waals surface area contributed by atoms with Crippen molar-refractivity contribution in [1.29, 1.82) is 0 Å². The molecule has 1 heterocycles. The van der Waals surface area contributed by atoms with Gasteiger partial charge < -0.3 is 5.32 Å². The number of nitrogens with one attached hydrogen (secondary N) is 1. The Kier molecular flexibility index (Phi) is 4.54. The molecule has 2 nitrogen and oxygen atoms in total. The predicted molar refractivity (Wildman–Crippen MR) is 74.8 cm³/mol. The molecular formula is C13H15ClN2S. The Morgan fingerprint density at radius 3 is 2.76 bits per heavy atom. The zero-order valence-corrected chi connectivity index (χ0v) is 11.3. The molecule has 4 heteroatoms. The zero-order chi connectivity index (χ0) is 12.1. The molecule has 1 aromatic heterocycles. The largest absolute Gasteiger partial charge is 0.317 e. The Morgan fingerprint density at radius 1 is 1.29 bits per heavy atom. The monoisotopic (exact) mass is 266 g/mol. The highest BCUT2D eigenvalue weighted by Crippen LogP contribution is 2.23. The van der Waals surface area contributed by atoms with Crippen molar-refractivity contribution in [2.75, 3.05) is 13.1 Å². The van der Waals surface area contributed by atoms with Gasteiger partial charge in [-0.2, -0.15) is 0 Å². The Morgan fingerprint density at radius 2 is 2.06 bits per heavy atom. The second kappa shape index (κ2) is 6.15. The minimum absolute atomic E-state index is 0.761. The molecule has 90 valence electrons. The second-order valence-corrected chi connectivity index (χ2v) is 5.12. The lowest BCUT2D eigenvalue weighted by atomic mass is 10.2. The lowest BCUT2D eigenvalue weighted by molar-refractivity contribution is 0.714. The fourth-order valence-electron chi connectivity index (χ4n) is 1.55. The van der Waals surface area contributed by atoms with Crippen LogP contribution >= 0.6 is 22.9 Å². The fourth-order valence-corrected chi connectivity index (χ4v) is 2.48. The SMILES string of the molecule is CCNCCc1nc(-c2ccc(Cl)cc2)cs1.